The first-order valence-corrected chi connectivity index (χ1v) is 10.7. The Kier molecular flexibility index (Phi) is 7.25. The van der Waals surface area contributed by atoms with Gasteiger partial charge in [0.2, 0.25) is 0 Å². The van der Waals surface area contributed by atoms with Gasteiger partial charge < -0.3 is 14.6 Å². The van der Waals surface area contributed by atoms with Crippen molar-refractivity contribution in [3.63, 3.8) is 0 Å². The zero-order valence-electron chi connectivity index (χ0n) is 18.6. The van der Waals surface area contributed by atoms with E-state index in [2.05, 4.69) is 9.97 Å². The number of fused-ring (bicyclic) bond motifs is 1. The second kappa shape index (κ2) is 10.7. The van der Waals surface area contributed by atoms with E-state index < -0.39 is 5.97 Å². The summed E-state index contributed by atoms with van der Waals surface area (Å²) in [4.78, 5) is 21.0. The van der Waals surface area contributed by atoms with Crippen molar-refractivity contribution in [3.8, 4) is 5.75 Å². The lowest BCUT2D eigenvalue weighted by molar-refractivity contribution is 0.0685. The van der Waals surface area contributed by atoms with Gasteiger partial charge in [0.1, 0.15) is 17.9 Å². The fourth-order valence-electron chi connectivity index (χ4n) is 3.56. The third-order valence-electron chi connectivity index (χ3n) is 5.17. The summed E-state index contributed by atoms with van der Waals surface area (Å²) in [5, 5.41) is 10.5. The number of ether oxygens (including phenoxy) is 2. The van der Waals surface area contributed by atoms with Crippen LogP contribution in [-0.4, -0.2) is 34.8 Å². The van der Waals surface area contributed by atoms with Gasteiger partial charge in [-0.25, -0.2) is 14.2 Å². The molecule has 0 amide bonds. The fraction of sp³-hybridized carbons (Fsp3) is 0.148. The van der Waals surface area contributed by atoms with Crippen LogP contribution in [0.2, 0.25) is 0 Å². The van der Waals surface area contributed by atoms with E-state index in [1.54, 1.807) is 37.6 Å². The smallest absolute Gasteiger partial charge is 0.358 e. The number of benzene rings is 2. The standard InChI is InChI=1S/C27H23FN2O4/c1-33-13-5-8-23-22-15-20(14-18-9-11-21(28)12-10-18)16-29-24(22)26(25(30-23)27(31)32)34-17-19-6-3-2-4-7-19/h2-12,15-16H,13-14,17H2,1H3,(H,31,32). The molecule has 0 aliphatic carbocycles. The molecule has 0 atom stereocenters. The van der Waals surface area contributed by atoms with Gasteiger partial charge in [0.25, 0.3) is 0 Å². The first kappa shape index (κ1) is 23.1. The second-order valence-electron chi connectivity index (χ2n) is 7.65. The van der Waals surface area contributed by atoms with Gasteiger partial charge in [-0.1, -0.05) is 48.5 Å². The van der Waals surface area contributed by atoms with Crippen LogP contribution < -0.4 is 4.74 Å². The Morgan fingerprint density at radius 2 is 1.82 bits per heavy atom. The zero-order chi connectivity index (χ0) is 23.9. The molecule has 2 aromatic heterocycles. The van der Waals surface area contributed by atoms with E-state index in [1.807, 2.05) is 36.4 Å². The molecule has 2 heterocycles. The van der Waals surface area contributed by atoms with E-state index in [1.165, 1.54) is 12.1 Å². The van der Waals surface area contributed by atoms with Gasteiger partial charge in [0, 0.05) is 18.7 Å². The summed E-state index contributed by atoms with van der Waals surface area (Å²) in [7, 11) is 1.57. The van der Waals surface area contributed by atoms with Crippen molar-refractivity contribution in [2.75, 3.05) is 13.7 Å². The summed E-state index contributed by atoms with van der Waals surface area (Å²) in [6, 6.07) is 17.6. The van der Waals surface area contributed by atoms with Crippen LogP contribution in [0.1, 0.15) is 32.9 Å². The molecule has 6 nitrogen and oxygen atoms in total. The molecule has 0 saturated carbocycles. The maximum atomic E-state index is 13.3. The number of pyridine rings is 2. The molecule has 1 N–H and O–H groups in total. The predicted octanol–water partition coefficient (Wildman–Crippen LogP) is 5.30. The number of carboxylic acids is 1. The number of halogens is 1. The fourth-order valence-corrected chi connectivity index (χ4v) is 3.56. The number of nitrogens with zero attached hydrogens (tertiary/aromatic N) is 2. The maximum Gasteiger partial charge on any atom is 0.358 e. The Bertz CT molecular complexity index is 1320. The molecule has 0 unspecified atom stereocenters. The molecular formula is C27H23FN2O4. The molecule has 0 spiro atoms. The topological polar surface area (TPSA) is 81.5 Å². The zero-order valence-corrected chi connectivity index (χ0v) is 18.6. The van der Waals surface area contributed by atoms with Crippen molar-refractivity contribution in [1.82, 2.24) is 9.97 Å². The van der Waals surface area contributed by atoms with Crippen molar-refractivity contribution in [2.45, 2.75) is 13.0 Å². The lowest BCUT2D eigenvalue weighted by Crippen LogP contribution is -2.09. The van der Waals surface area contributed by atoms with Crippen LogP contribution in [0.25, 0.3) is 17.0 Å². The summed E-state index contributed by atoms with van der Waals surface area (Å²) in [5.74, 6) is -1.39. The van der Waals surface area contributed by atoms with E-state index in [0.717, 1.165) is 16.7 Å². The van der Waals surface area contributed by atoms with E-state index >= 15 is 0 Å². The molecule has 4 aromatic rings. The number of hydrogen-bond donors (Lipinski definition) is 1. The van der Waals surface area contributed by atoms with Crippen LogP contribution in [0, 0.1) is 5.82 Å². The number of methoxy groups -OCH3 is 1. The van der Waals surface area contributed by atoms with Crippen molar-refractivity contribution in [3.05, 3.63) is 107 Å². The average molecular weight is 458 g/mol. The van der Waals surface area contributed by atoms with Crippen LogP contribution in [0.4, 0.5) is 4.39 Å². The summed E-state index contributed by atoms with van der Waals surface area (Å²) >= 11 is 0. The first-order valence-electron chi connectivity index (χ1n) is 10.7. The van der Waals surface area contributed by atoms with Crippen molar-refractivity contribution < 1.29 is 23.8 Å². The third-order valence-corrected chi connectivity index (χ3v) is 5.17. The van der Waals surface area contributed by atoms with Gasteiger partial charge in [0.15, 0.2) is 11.4 Å². The van der Waals surface area contributed by atoms with Crippen LogP contribution in [0.3, 0.4) is 0 Å². The lowest BCUT2D eigenvalue weighted by atomic mass is 10.0. The van der Waals surface area contributed by atoms with Gasteiger partial charge in [-0.2, -0.15) is 0 Å². The van der Waals surface area contributed by atoms with E-state index in [4.69, 9.17) is 9.47 Å². The molecule has 0 bridgehead atoms. The number of aromatic nitrogens is 2. The molecule has 0 fully saturated rings. The lowest BCUT2D eigenvalue weighted by Gasteiger charge is -2.14. The second-order valence-corrected chi connectivity index (χ2v) is 7.65. The Morgan fingerprint density at radius 3 is 2.53 bits per heavy atom. The SMILES string of the molecule is COCC=Cc1nc(C(=O)O)c(OCc2ccccc2)c2ncc(Cc3ccc(F)cc3)cc12. The minimum Gasteiger partial charge on any atom is -0.484 e. The van der Waals surface area contributed by atoms with E-state index in [9.17, 15) is 14.3 Å². The van der Waals surface area contributed by atoms with Crippen LogP contribution in [-0.2, 0) is 17.8 Å². The highest BCUT2D eigenvalue weighted by atomic mass is 19.1. The summed E-state index contributed by atoms with van der Waals surface area (Å²) in [6.07, 6.45) is 5.67. The minimum absolute atomic E-state index is 0.114. The number of carbonyl (C=O) groups is 1. The number of carboxylic acid groups (broad SMARTS) is 1. The summed E-state index contributed by atoms with van der Waals surface area (Å²) in [6.45, 7) is 0.524. The van der Waals surface area contributed by atoms with E-state index in [-0.39, 0.29) is 23.9 Å². The van der Waals surface area contributed by atoms with Crippen molar-refractivity contribution in [2.24, 2.45) is 0 Å². The third kappa shape index (κ3) is 5.44. The molecule has 172 valence electrons. The van der Waals surface area contributed by atoms with Crippen molar-refractivity contribution >= 4 is 22.9 Å². The molecule has 0 radical (unpaired) electrons. The maximum absolute atomic E-state index is 13.3. The van der Waals surface area contributed by atoms with Gasteiger partial charge in [-0.15, -0.1) is 0 Å². The van der Waals surface area contributed by atoms with E-state index in [0.29, 0.717) is 29.6 Å². The molecular weight excluding hydrogens is 435 g/mol. The van der Waals surface area contributed by atoms with Crippen LogP contribution in [0.5, 0.6) is 5.75 Å². The van der Waals surface area contributed by atoms with Gasteiger partial charge >= 0.3 is 5.97 Å². The Hall–Kier alpha value is -4.10. The molecule has 2 aromatic carbocycles. The minimum atomic E-state index is -1.21. The number of rotatable bonds is 9. The Balaban J connectivity index is 1.80. The van der Waals surface area contributed by atoms with Gasteiger partial charge in [-0.05, 0) is 47.4 Å². The monoisotopic (exact) mass is 458 g/mol. The van der Waals surface area contributed by atoms with Crippen LogP contribution in [0.15, 0.2) is 72.9 Å². The molecule has 0 saturated heterocycles. The molecule has 4 rings (SSSR count). The molecule has 0 aliphatic heterocycles. The first-order chi connectivity index (χ1) is 16.5. The molecule has 0 aliphatic rings. The number of aromatic carboxylic acids is 1. The summed E-state index contributed by atoms with van der Waals surface area (Å²) < 4.78 is 24.3. The Labute approximate surface area is 196 Å². The highest BCUT2D eigenvalue weighted by molar-refractivity contribution is 5.99. The van der Waals surface area contributed by atoms with Crippen LogP contribution >= 0.6 is 0 Å². The normalized spacial score (nSPS) is 11.2. The Morgan fingerprint density at radius 1 is 1.06 bits per heavy atom. The van der Waals surface area contributed by atoms with Crippen molar-refractivity contribution in [1.29, 1.82) is 0 Å². The largest absolute Gasteiger partial charge is 0.484 e. The average Bonchev–Trinajstić information content (AvgIpc) is 2.85. The number of hydrogen-bond acceptors (Lipinski definition) is 5. The highest BCUT2D eigenvalue weighted by Crippen LogP contribution is 2.32. The van der Waals surface area contributed by atoms with Gasteiger partial charge in [-0.3, -0.25) is 4.98 Å². The predicted molar refractivity (Wildman–Crippen MR) is 127 cm³/mol. The molecule has 7 heteroatoms. The summed E-state index contributed by atoms with van der Waals surface area (Å²) in [5.41, 5.74) is 3.34. The van der Waals surface area contributed by atoms with Gasteiger partial charge in [0.05, 0.1) is 12.3 Å². The molecule has 34 heavy (non-hydrogen) atoms. The highest BCUT2D eigenvalue weighted by Gasteiger charge is 2.21. The quantitative estimate of drug-likeness (QED) is 0.367.